The molecule has 0 radical (unpaired) electrons. The molecule has 1 heterocycles. The fraction of sp³-hybridized carbons (Fsp3) is 0.444. The maximum atomic E-state index is 11.7. The van der Waals surface area contributed by atoms with Gasteiger partial charge >= 0.3 is 5.97 Å². The minimum absolute atomic E-state index is 0.254. The van der Waals surface area contributed by atoms with E-state index in [1.54, 1.807) is 0 Å². The quantitative estimate of drug-likeness (QED) is 0.359. The Bertz CT molecular complexity index is 736. The lowest BCUT2D eigenvalue weighted by Crippen LogP contribution is -2.26. The molecule has 1 unspecified atom stereocenters. The van der Waals surface area contributed by atoms with Crippen molar-refractivity contribution in [1.82, 2.24) is 5.32 Å². The first-order chi connectivity index (χ1) is 13.0. The number of rotatable bonds is 10. The van der Waals surface area contributed by atoms with Crippen molar-refractivity contribution >= 4 is 35.0 Å². The molecule has 1 amide bonds. The predicted octanol–water partition coefficient (Wildman–Crippen LogP) is 2.66. The molecule has 0 aromatic heterocycles. The van der Waals surface area contributed by atoms with Crippen molar-refractivity contribution in [2.45, 2.75) is 38.4 Å². The number of benzene rings is 1. The van der Waals surface area contributed by atoms with Crippen molar-refractivity contribution in [3.63, 3.8) is 0 Å². The highest BCUT2D eigenvalue weighted by Crippen LogP contribution is 2.28. The standard InChI is InChI=1S/C18H23N3O5S/c1-3-5-8-26-13-7-6-12(9-14(13)25-4-2)11-19-21-18-20-17(24)15(27-18)10-16(22)23/h6-7,9,11,15H,3-5,8,10H2,1-2H3,(H,22,23)(H,20,21,24). The topological polar surface area (TPSA) is 110 Å². The smallest absolute Gasteiger partial charge is 0.305 e. The molecule has 8 nitrogen and oxygen atoms in total. The molecule has 0 bridgehead atoms. The Labute approximate surface area is 162 Å². The van der Waals surface area contributed by atoms with Gasteiger partial charge < -0.3 is 19.9 Å². The van der Waals surface area contributed by atoms with E-state index in [4.69, 9.17) is 14.6 Å². The Morgan fingerprint density at radius 2 is 2.15 bits per heavy atom. The van der Waals surface area contributed by atoms with Crippen LogP contribution in [0.15, 0.2) is 28.4 Å². The van der Waals surface area contributed by atoms with Crippen LogP contribution in [0.2, 0.25) is 0 Å². The number of unbranched alkanes of at least 4 members (excludes halogenated alkanes) is 1. The molecule has 1 aromatic carbocycles. The highest BCUT2D eigenvalue weighted by Gasteiger charge is 2.32. The molecule has 1 aliphatic rings. The van der Waals surface area contributed by atoms with Crippen molar-refractivity contribution in [2.75, 3.05) is 13.2 Å². The molecule has 1 aliphatic heterocycles. The summed E-state index contributed by atoms with van der Waals surface area (Å²) in [6.45, 7) is 5.14. The van der Waals surface area contributed by atoms with Crippen molar-refractivity contribution in [3.8, 4) is 11.5 Å². The summed E-state index contributed by atoms with van der Waals surface area (Å²) in [5.74, 6) is -0.0835. The van der Waals surface area contributed by atoms with Gasteiger partial charge in [-0.05, 0) is 37.1 Å². The molecule has 1 atom stereocenters. The van der Waals surface area contributed by atoms with E-state index < -0.39 is 11.2 Å². The molecule has 27 heavy (non-hydrogen) atoms. The van der Waals surface area contributed by atoms with Crippen molar-refractivity contribution in [3.05, 3.63) is 23.8 Å². The molecule has 0 saturated carbocycles. The number of hydrogen-bond acceptors (Lipinski definition) is 7. The number of carbonyl (C=O) groups is 2. The Hall–Kier alpha value is -2.55. The van der Waals surface area contributed by atoms with E-state index in [-0.39, 0.29) is 17.5 Å². The van der Waals surface area contributed by atoms with Gasteiger partial charge in [0.25, 0.3) is 0 Å². The summed E-state index contributed by atoms with van der Waals surface area (Å²) >= 11 is 1.06. The van der Waals surface area contributed by atoms with Crippen LogP contribution in [0.25, 0.3) is 0 Å². The van der Waals surface area contributed by atoms with Gasteiger partial charge in [0.15, 0.2) is 16.7 Å². The molecule has 9 heteroatoms. The van der Waals surface area contributed by atoms with E-state index in [9.17, 15) is 9.59 Å². The fourth-order valence-electron chi connectivity index (χ4n) is 2.21. The van der Waals surface area contributed by atoms with Crippen LogP contribution in [-0.2, 0) is 9.59 Å². The molecule has 0 aliphatic carbocycles. The van der Waals surface area contributed by atoms with Crippen LogP contribution in [0.1, 0.15) is 38.7 Å². The molecule has 2 rings (SSSR count). The van der Waals surface area contributed by atoms with Gasteiger partial charge in [-0.2, -0.15) is 5.10 Å². The zero-order valence-electron chi connectivity index (χ0n) is 15.3. The maximum Gasteiger partial charge on any atom is 0.305 e. The van der Waals surface area contributed by atoms with Gasteiger partial charge in [-0.25, -0.2) is 0 Å². The Morgan fingerprint density at radius 1 is 1.33 bits per heavy atom. The fourth-order valence-corrected chi connectivity index (χ4v) is 3.13. The minimum atomic E-state index is -1.03. The number of nitrogens with one attached hydrogen (secondary N) is 1. The second-order valence-corrected chi connectivity index (χ2v) is 6.88. The van der Waals surface area contributed by atoms with Crippen LogP contribution in [-0.4, -0.2) is 46.8 Å². The van der Waals surface area contributed by atoms with Crippen molar-refractivity contribution in [1.29, 1.82) is 0 Å². The zero-order chi connectivity index (χ0) is 19.6. The van der Waals surface area contributed by atoms with E-state index in [2.05, 4.69) is 22.4 Å². The first-order valence-corrected chi connectivity index (χ1v) is 9.61. The number of hydrogen-bond donors (Lipinski definition) is 2. The van der Waals surface area contributed by atoms with E-state index in [0.29, 0.717) is 24.7 Å². The number of carboxylic acid groups (broad SMARTS) is 1. The number of nitrogens with zero attached hydrogens (tertiary/aromatic N) is 2. The van der Waals surface area contributed by atoms with Crippen LogP contribution < -0.4 is 14.8 Å². The minimum Gasteiger partial charge on any atom is -0.490 e. The third kappa shape index (κ3) is 6.59. The summed E-state index contributed by atoms with van der Waals surface area (Å²) in [4.78, 5) is 22.4. The van der Waals surface area contributed by atoms with Gasteiger partial charge in [0.1, 0.15) is 5.25 Å². The molecule has 1 aromatic rings. The SMILES string of the molecule is CCCCOc1ccc(C=NN=C2NC(=O)C(CC(=O)O)S2)cc1OCC. The maximum absolute atomic E-state index is 11.7. The van der Waals surface area contributed by atoms with E-state index >= 15 is 0 Å². The zero-order valence-corrected chi connectivity index (χ0v) is 16.1. The predicted molar refractivity (Wildman–Crippen MR) is 105 cm³/mol. The molecule has 1 saturated heterocycles. The monoisotopic (exact) mass is 393 g/mol. The number of carboxylic acids is 1. The number of amides is 1. The van der Waals surface area contributed by atoms with Crippen LogP contribution >= 0.6 is 11.8 Å². The molecular formula is C18H23N3O5S. The summed E-state index contributed by atoms with van der Waals surface area (Å²) < 4.78 is 11.3. The van der Waals surface area contributed by atoms with Crippen LogP contribution in [0.4, 0.5) is 0 Å². The van der Waals surface area contributed by atoms with Crippen molar-refractivity contribution < 1.29 is 24.2 Å². The van der Waals surface area contributed by atoms with Crippen LogP contribution in [0.5, 0.6) is 11.5 Å². The second kappa shape index (κ2) is 10.6. The third-order valence-electron chi connectivity index (χ3n) is 3.51. The number of amidine groups is 1. The van der Waals surface area contributed by atoms with Gasteiger partial charge in [-0.1, -0.05) is 25.1 Å². The largest absolute Gasteiger partial charge is 0.490 e. The molecule has 146 valence electrons. The van der Waals surface area contributed by atoms with Crippen LogP contribution in [0, 0.1) is 0 Å². The Balaban J connectivity index is 2.02. The van der Waals surface area contributed by atoms with Gasteiger partial charge in [0.2, 0.25) is 5.91 Å². The lowest BCUT2D eigenvalue weighted by Gasteiger charge is -2.12. The van der Waals surface area contributed by atoms with Gasteiger partial charge in [0, 0.05) is 0 Å². The van der Waals surface area contributed by atoms with E-state index in [0.717, 1.165) is 30.2 Å². The van der Waals surface area contributed by atoms with E-state index in [1.165, 1.54) is 6.21 Å². The third-order valence-corrected chi connectivity index (χ3v) is 4.59. The number of aliphatic carboxylic acids is 1. The normalized spacial score (nSPS) is 18.1. The highest BCUT2D eigenvalue weighted by molar-refractivity contribution is 8.15. The molecule has 1 fully saturated rings. The summed E-state index contributed by atoms with van der Waals surface area (Å²) in [6, 6.07) is 5.47. The van der Waals surface area contributed by atoms with Crippen LogP contribution in [0.3, 0.4) is 0 Å². The molecular weight excluding hydrogens is 370 g/mol. The Kier molecular flexibility index (Phi) is 8.12. The average molecular weight is 393 g/mol. The number of thioether (sulfide) groups is 1. The Morgan fingerprint density at radius 3 is 2.85 bits per heavy atom. The first kappa shape index (κ1) is 20.8. The molecule has 0 spiro atoms. The second-order valence-electron chi connectivity index (χ2n) is 5.68. The lowest BCUT2D eigenvalue weighted by molar-refractivity contribution is -0.138. The lowest BCUT2D eigenvalue weighted by atomic mass is 10.2. The molecule has 2 N–H and O–H groups in total. The number of carbonyl (C=O) groups excluding carboxylic acids is 1. The summed E-state index contributed by atoms with van der Waals surface area (Å²) in [6.07, 6.45) is 3.30. The van der Waals surface area contributed by atoms with Gasteiger partial charge in [-0.15, -0.1) is 5.10 Å². The summed E-state index contributed by atoms with van der Waals surface area (Å²) in [5, 5.41) is 18.8. The highest BCUT2D eigenvalue weighted by atomic mass is 32.2. The number of ether oxygens (including phenoxy) is 2. The van der Waals surface area contributed by atoms with E-state index in [1.807, 2.05) is 25.1 Å². The van der Waals surface area contributed by atoms with Crippen molar-refractivity contribution in [2.24, 2.45) is 10.2 Å². The van der Waals surface area contributed by atoms with Gasteiger partial charge in [-0.3, -0.25) is 9.59 Å². The average Bonchev–Trinajstić information content (AvgIpc) is 2.96. The summed E-state index contributed by atoms with van der Waals surface area (Å²) in [5.41, 5.74) is 0.766. The summed E-state index contributed by atoms with van der Waals surface area (Å²) in [7, 11) is 0. The first-order valence-electron chi connectivity index (χ1n) is 8.73. The van der Waals surface area contributed by atoms with Gasteiger partial charge in [0.05, 0.1) is 25.8 Å².